The average Bonchev–Trinajstić information content (AvgIpc) is 3.29. The van der Waals surface area contributed by atoms with Gasteiger partial charge in [0, 0.05) is 17.2 Å². The van der Waals surface area contributed by atoms with E-state index in [0.29, 0.717) is 16.9 Å². The molecule has 1 aliphatic rings. The number of hydrogen-bond acceptors (Lipinski definition) is 5. The van der Waals surface area contributed by atoms with E-state index in [1.165, 1.54) is 27.0 Å². The summed E-state index contributed by atoms with van der Waals surface area (Å²) in [5.41, 5.74) is 0.789. The summed E-state index contributed by atoms with van der Waals surface area (Å²) in [5, 5.41) is 1.56. The summed E-state index contributed by atoms with van der Waals surface area (Å²) >= 11 is 0. The number of carbonyl (C=O) groups excluding carboxylic acids is 2. The number of carbonyl (C=O) groups is 2. The highest BCUT2D eigenvalue weighted by molar-refractivity contribution is 7.92. The van der Waals surface area contributed by atoms with E-state index in [1.54, 1.807) is 12.1 Å². The van der Waals surface area contributed by atoms with Gasteiger partial charge in [0.25, 0.3) is 0 Å². The molecule has 1 aromatic carbocycles. The minimum Gasteiger partial charge on any atom is -0.496 e. The van der Waals surface area contributed by atoms with Crippen LogP contribution in [0.5, 0.6) is 5.75 Å². The van der Waals surface area contributed by atoms with Crippen LogP contribution >= 0.6 is 0 Å². The predicted octanol–water partition coefficient (Wildman–Crippen LogP) is 1.48. The molecule has 0 bridgehead atoms. The third kappa shape index (κ3) is 4.31. The molecule has 1 N–H and O–H groups in total. The third-order valence-corrected chi connectivity index (χ3v) is 5.88. The van der Waals surface area contributed by atoms with E-state index >= 15 is 0 Å². The zero-order valence-electron chi connectivity index (χ0n) is 13.5. The van der Waals surface area contributed by atoms with Gasteiger partial charge in [0.1, 0.15) is 11.0 Å². The first kappa shape index (κ1) is 17.5. The maximum atomic E-state index is 12.5. The van der Waals surface area contributed by atoms with Crippen LogP contribution in [0.1, 0.15) is 42.6 Å². The normalized spacial score (nSPS) is 15.8. The van der Waals surface area contributed by atoms with E-state index in [4.69, 9.17) is 4.74 Å². The van der Waals surface area contributed by atoms with Gasteiger partial charge in [-0.15, -0.1) is 0 Å². The van der Waals surface area contributed by atoms with Gasteiger partial charge in [-0.05, 0) is 44.9 Å². The lowest BCUT2D eigenvalue weighted by Crippen LogP contribution is -2.39. The standard InChI is InChI=1S/C16H21NO5S/c1-10(18)12-4-7-15(22-3)13(8-12)9-23(20,21)11(2)16(19)17-14-5-6-14/h4,7-8,11,14H,5-6,9H2,1-3H3,(H,17,19). The number of Topliss-reactive ketones (excluding diaryl/α,β-unsaturated/α-hetero) is 1. The molecule has 1 fully saturated rings. The zero-order valence-corrected chi connectivity index (χ0v) is 14.3. The molecule has 1 amide bonds. The van der Waals surface area contributed by atoms with Gasteiger partial charge in [0.2, 0.25) is 5.91 Å². The first-order valence-electron chi connectivity index (χ1n) is 7.44. The second kappa shape index (κ2) is 6.70. The van der Waals surface area contributed by atoms with E-state index in [0.717, 1.165) is 12.8 Å². The Hall–Kier alpha value is -1.89. The van der Waals surface area contributed by atoms with Crippen molar-refractivity contribution in [1.82, 2.24) is 5.32 Å². The lowest BCUT2D eigenvalue weighted by atomic mass is 10.1. The molecule has 1 aromatic rings. The lowest BCUT2D eigenvalue weighted by molar-refractivity contribution is -0.120. The molecule has 0 spiro atoms. The van der Waals surface area contributed by atoms with E-state index in [-0.39, 0.29) is 17.6 Å². The molecule has 2 rings (SSSR count). The van der Waals surface area contributed by atoms with Crippen molar-refractivity contribution in [2.24, 2.45) is 0 Å². The molecule has 7 heteroatoms. The van der Waals surface area contributed by atoms with Crippen LogP contribution in [0.15, 0.2) is 18.2 Å². The van der Waals surface area contributed by atoms with E-state index in [2.05, 4.69) is 5.32 Å². The molecule has 0 heterocycles. The van der Waals surface area contributed by atoms with Crippen LogP contribution in [0.25, 0.3) is 0 Å². The first-order valence-corrected chi connectivity index (χ1v) is 9.16. The molecule has 0 radical (unpaired) electrons. The second-order valence-electron chi connectivity index (χ2n) is 5.82. The Balaban J connectivity index is 2.22. The van der Waals surface area contributed by atoms with Crippen molar-refractivity contribution in [1.29, 1.82) is 0 Å². The van der Waals surface area contributed by atoms with Gasteiger partial charge in [0.15, 0.2) is 15.6 Å². The molecule has 0 aromatic heterocycles. The van der Waals surface area contributed by atoms with Crippen LogP contribution in [0.3, 0.4) is 0 Å². The molecule has 1 atom stereocenters. The van der Waals surface area contributed by atoms with E-state index in [1.807, 2.05) is 0 Å². The van der Waals surface area contributed by atoms with Crippen LogP contribution in [-0.4, -0.2) is 38.5 Å². The highest BCUT2D eigenvalue weighted by Gasteiger charge is 2.33. The Morgan fingerprint density at radius 3 is 2.52 bits per heavy atom. The molecule has 6 nitrogen and oxygen atoms in total. The van der Waals surface area contributed by atoms with Gasteiger partial charge in [0.05, 0.1) is 12.9 Å². The Morgan fingerprint density at radius 1 is 1.35 bits per heavy atom. The number of amides is 1. The highest BCUT2D eigenvalue weighted by Crippen LogP contribution is 2.25. The molecular weight excluding hydrogens is 318 g/mol. The van der Waals surface area contributed by atoms with Crippen LogP contribution in [0.4, 0.5) is 0 Å². The molecule has 1 saturated carbocycles. The smallest absolute Gasteiger partial charge is 0.238 e. The maximum Gasteiger partial charge on any atom is 0.238 e. The number of benzene rings is 1. The average molecular weight is 339 g/mol. The van der Waals surface area contributed by atoms with Crippen molar-refractivity contribution in [3.63, 3.8) is 0 Å². The van der Waals surface area contributed by atoms with E-state index < -0.39 is 21.0 Å². The quantitative estimate of drug-likeness (QED) is 0.760. The molecular formula is C16H21NO5S. The number of ketones is 1. The summed E-state index contributed by atoms with van der Waals surface area (Å²) < 4.78 is 30.1. The largest absolute Gasteiger partial charge is 0.496 e. The van der Waals surface area contributed by atoms with Crippen molar-refractivity contribution in [3.05, 3.63) is 29.3 Å². The number of hydrogen-bond donors (Lipinski definition) is 1. The Bertz CT molecular complexity index is 722. The summed E-state index contributed by atoms with van der Waals surface area (Å²) in [6, 6.07) is 4.76. The summed E-state index contributed by atoms with van der Waals surface area (Å²) in [6.45, 7) is 2.79. The molecule has 0 aliphatic heterocycles. The fraction of sp³-hybridized carbons (Fsp3) is 0.500. The second-order valence-corrected chi connectivity index (χ2v) is 8.14. The van der Waals surface area contributed by atoms with Crippen molar-refractivity contribution in [3.8, 4) is 5.75 Å². The van der Waals surface area contributed by atoms with Crippen LogP contribution < -0.4 is 10.1 Å². The SMILES string of the molecule is COc1ccc(C(C)=O)cc1CS(=O)(=O)C(C)C(=O)NC1CC1. The van der Waals surface area contributed by atoms with Crippen LogP contribution in [-0.2, 0) is 20.4 Å². The van der Waals surface area contributed by atoms with E-state index in [9.17, 15) is 18.0 Å². The maximum absolute atomic E-state index is 12.5. The molecule has 23 heavy (non-hydrogen) atoms. The summed E-state index contributed by atoms with van der Waals surface area (Å²) in [6.07, 6.45) is 1.79. The fourth-order valence-corrected chi connectivity index (χ4v) is 3.46. The van der Waals surface area contributed by atoms with Crippen molar-refractivity contribution < 1.29 is 22.7 Å². The molecule has 126 valence electrons. The highest BCUT2D eigenvalue weighted by atomic mass is 32.2. The Labute approximate surface area is 136 Å². The zero-order chi connectivity index (χ0) is 17.2. The van der Waals surface area contributed by atoms with Gasteiger partial charge in [-0.25, -0.2) is 8.42 Å². The minimum absolute atomic E-state index is 0.107. The van der Waals surface area contributed by atoms with Gasteiger partial charge >= 0.3 is 0 Å². The monoisotopic (exact) mass is 339 g/mol. The summed E-state index contributed by atoms with van der Waals surface area (Å²) in [5.74, 6) is -0.607. The predicted molar refractivity (Wildman–Crippen MR) is 86.2 cm³/mol. The molecule has 1 aliphatic carbocycles. The Kier molecular flexibility index (Phi) is 5.09. The number of ether oxygens (including phenoxy) is 1. The molecule has 0 saturated heterocycles. The lowest BCUT2D eigenvalue weighted by Gasteiger charge is -2.15. The van der Waals surface area contributed by atoms with Crippen molar-refractivity contribution in [2.45, 2.75) is 43.7 Å². The topological polar surface area (TPSA) is 89.5 Å². The number of sulfone groups is 1. The third-order valence-electron chi connectivity index (χ3n) is 3.88. The van der Waals surface area contributed by atoms with Gasteiger partial charge in [-0.1, -0.05) is 0 Å². The van der Waals surface area contributed by atoms with Gasteiger partial charge < -0.3 is 10.1 Å². The van der Waals surface area contributed by atoms with Gasteiger partial charge in [-0.2, -0.15) is 0 Å². The number of rotatable bonds is 7. The first-order chi connectivity index (χ1) is 10.7. The Morgan fingerprint density at radius 2 is 2.00 bits per heavy atom. The number of methoxy groups -OCH3 is 1. The fourth-order valence-electron chi connectivity index (χ4n) is 2.16. The number of nitrogens with one attached hydrogen (secondary N) is 1. The van der Waals surface area contributed by atoms with Crippen LogP contribution in [0, 0.1) is 0 Å². The summed E-state index contributed by atoms with van der Waals surface area (Å²) in [7, 11) is -2.28. The van der Waals surface area contributed by atoms with Crippen molar-refractivity contribution >= 4 is 21.5 Å². The van der Waals surface area contributed by atoms with Crippen LogP contribution in [0.2, 0.25) is 0 Å². The van der Waals surface area contributed by atoms with Crippen molar-refractivity contribution in [2.75, 3.05) is 7.11 Å². The minimum atomic E-state index is -3.71. The van der Waals surface area contributed by atoms with Gasteiger partial charge in [-0.3, -0.25) is 9.59 Å². The summed E-state index contributed by atoms with van der Waals surface area (Å²) in [4.78, 5) is 23.5. The molecule has 1 unspecified atom stereocenters.